The Bertz CT molecular complexity index is 1230. The van der Waals surface area contributed by atoms with Crippen LogP contribution in [0.2, 0.25) is 0 Å². The minimum atomic E-state index is -3.67. The Labute approximate surface area is 186 Å². The number of hydrogen-bond acceptors (Lipinski definition) is 6. The monoisotopic (exact) mass is 447 g/mol. The molecule has 162 valence electrons. The van der Waals surface area contributed by atoms with Crippen LogP contribution in [0.4, 0.5) is 0 Å². The number of sulfonamides is 1. The summed E-state index contributed by atoms with van der Waals surface area (Å²) in [5.74, 6) is 1.56. The Morgan fingerprint density at radius 2 is 1.38 bits per heavy atom. The first-order chi connectivity index (χ1) is 15.6. The van der Waals surface area contributed by atoms with E-state index in [-0.39, 0.29) is 18.0 Å². The highest BCUT2D eigenvalue weighted by Gasteiger charge is 2.13. The third kappa shape index (κ3) is 5.69. The van der Waals surface area contributed by atoms with Gasteiger partial charge in [0.2, 0.25) is 15.9 Å². The topological polar surface area (TPSA) is 90.4 Å². The van der Waals surface area contributed by atoms with Crippen molar-refractivity contribution in [2.45, 2.75) is 4.90 Å². The van der Waals surface area contributed by atoms with E-state index in [0.29, 0.717) is 17.4 Å². The summed E-state index contributed by atoms with van der Waals surface area (Å²) in [6, 6.07) is 28.7. The summed E-state index contributed by atoms with van der Waals surface area (Å²) < 4.78 is 38.6. The Hall–Kier alpha value is -3.75. The molecule has 0 saturated carbocycles. The summed E-state index contributed by atoms with van der Waals surface area (Å²) in [6.45, 7) is 0.209. The number of hydrogen-bond donors (Lipinski definition) is 1. The lowest BCUT2D eigenvalue weighted by atomic mass is 10.1. The first-order valence-corrected chi connectivity index (χ1v) is 11.4. The zero-order valence-corrected chi connectivity index (χ0v) is 17.9. The van der Waals surface area contributed by atoms with Crippen molar-refractivity contribution in [1.82, 2.24) is 14.9 Å². The third-order valence-corrected chi connectivity index (χ3v) is 5.94. The molecular weight excluding hydrogens is 426 g/mol. The van der Waals surface area contributed by atoms with Crippen LogP contribution >= 0.6 is 0 Å². The Morgan fingerprint density at radius 3 is 2.03 bits per heavy atom. The van der Waals surface area contributed by atoms with Gasteiger partial charge in [0.15, 0.2) is 0 Å². The van der Waals surface area contributed by atoms with E-state index in [4.69, 9.17) is 9.47 Å². The number of ether oxygens (including phenoxy) is 2. The molecule has 32 heavy (non-hydrogen) atoms. The molecule has 0 spiro atoms. The molecule has 8 heteroatoms. The van der Waals surface area contributed by atoms with E-state index >= 15 is 0 Å². The summed E-state index contributed by atoms with van der Waals surface area (Å²) in [4.78, 5) is 0.143. The molecule has 0 radical (unpaired) electrons. The molecule has 0 atom stereocenters. The van der Waals surface area contributed by atoms with Gasteiger partial charge in [-0.15, -0.1) is 10.2 Å². The van der Waals surface area contributed by atoms with Gasteiger partial charge in [0.1, 0.15) is 18.1 Å². The molecule has 4 rings (SSSR count). The maximum absolute atomic E-state index is 12.5. The number of nitrogens with one attached hydrogen (secondary N) is 1. The number of nitrogens with zero attached hydrogens (tertiary/aromatic N) is 2. The highest BCUT2D eigenvalue weighted by atomic mass is 32.2. The average molecular weight is 448 g/mol. The van der Waals surface area contributed by atoms with Crippen LogP contribution in [0, 0.1) is 0 Å². The van der Waals surface area contributed by atoms with Crippen LogP contribution in [0.25, 0.3) is 11.3 Å². The van der Waals surface area contributed by atoms with Crippen molar-refractivity contribution in [3.05, 3.63) is 97.1 Å². The van der Waals surface area contributed by atoms with E-state index in [9.17, 15) is 8.42 Å². The molecule has 0 aliphatic rings. The van der Waals surface area contributed by atoms with Gasteiger partial charge in [-0.25, -0.2) is 13.1 Å². The number of rotatable bonds is 9. The lowest BCUT2D eigenvalue weighted by Gasteiger charge is -2.09. The average Bonchev–Trinajstić information content (AvgIpc) is 2.84. The maximum atomic E-state index is 12.5. The first kappa shape index (κ1) is 21.5. The zero-order valence-electron chi connectivity index (χ0n) is 17.1. The largest absolute Gasteiger partial charge is 0.475 e. The lowest BCUT2D eigenvalue weighted by molar-refractivity contribution is 0.307. The van der Waals surface area contributed by atoms with Crippen LogP contribution in [0.3, 0.4) is 0 Å². The quantitative estimate of drug-likeness (QED) is 0.385. The molecule has 4 aromatic rings. The number of benzene rings is 3. The highest BCUT2D eigenvalue weighted by molar-refractivity contribution is 7.89. The molecule has 3 aromatic carbocycles. The van der Waals surface area contributed by atoms with Gasteiger partial charge in [0, 0.05) is 18.2 Å². The van der Waals surface area contributed by atoms with Gasteiger partial charge in [0.05, 0.1) is 10.6 Å². The molecule has 7 nitrogen and oxygen atoms in total. The molecule has 0 aliphatic carbocycles. The first-order valence-electron chi connectivity index (χ1n) is 9.95. The van der Waals surface area contributed by atoms with Gasteiger partial charge in [-0.1, -0.05) is 48.5 Å². The van der Waals surface area contributed by atoms with Crippen molar-refractivity contribution in [3.8, 4) is 28.6 Å². The standard InChI is InChI=1S/C24H21N3O4S/c28-32(29,22-13-11-21(12-14-22)31-20-9-5-2-6-10-20)25-17-18-30-24-16-15-23(26-27-24)19-7-3-1-4-8-19/h1-16,25H,17-18H2. The fraction of sp³-hybridized carbons (Fsp3) is 0.0833. The van der Waals surface area contributed by atoms with Crippen molar-refractivity contribution in [1.29, 1.82) is 0 Å². The van der Waals surface area contributed by atoms with Crippen LogP contribution in [0.15, 0.2) is 102 Å². The Morgan fingerprint density at radius 1 is 0.719 bits per heavy atom. The van der Waals surface area contributed by atoms with Gasteiger partial charge in [-0.2, -0.15) is 0 Å². The minimum absolute atomic E-state index is 0.0900. The lowest BCUT2D eigenvalue weighted by Crippen LogP contribution is -2.28. The van der Waals surface area contributed by atoms with E-state index in [2.05, 4.69) is 14.9 Å². The van der Waals surface area contributed by atoms with Crippen molar-refractivity contribution in [2.24, 2.45) is 0 Å². The van der Waals surface area contributed by atoms with Crippen LogP contribution in [0.1, 0.15) is 0 Å². The SMILES string of the molecule is O=S(=O)(NCCOc1ccc(-c2ccccc2)nn1)c1ccc(Oc2ccccc2)cc1. The zero-order chi connectivity index (χ0) is 22.2. The highest BCUT2D eigenvalue weighted by Crippen LogP contribution is 2.22. The predicted octanol–water partition coefficient (Wildman–Crippen LogP) is 4.29. The normalized spacial score (nSPS) is 11.1. The van der Waals surface area contributed by atoms with Crippen LogP contribution in [0.5, 0.6) is 17.4 Å². The summed E-state index contributed by atoms with van der Waals surface area (Å²) in [5, 5.41) is 8.16. The minimum Gasteiger partial charge on any atom is -0.475 e. The molecule has 0 bridgehead atoms. The third-order valence-electron chi connectivity index (χ3n) is 4.47. The molecule has 0 fully saturated rings. The van der Waals surface area contributed by atoms with E-state index in [1.54, 1.807) is 24.3 Å². The fourth-order valence-corrected chi connectivity index (χ4v) is 3.90. The van der Waals surface area contributed by atoms with E-state index in [1.165, 1.54) is 12.1 Å². The second kappa shape index (κ2) is 10.0. The van der Waals surface area contributed by atoms with Gasteiger partial charge in [-0.05, 0) is 42.5 Å². The van der Waals surface area contributed by atoms with Crippen molar-refractivity contribution in [2.75, 3.05) is 13.2 Å². The van der Waals surface area contributed by atoms with Crippen molar-refractivity contribution >= 4 is 10.0 Å². The van der Waals surface area contributed by atoms with Gasteiger partial charge < -0.3 is 9.47 Å². The summed E-state index contributed by atoms with van der Waals surface area (Å²) in [6.07, 6.45) is 0. The molecule has 1 heterocycles. The van der Waals surface area contributed by atoms with Crippen LogP contribution < -0.4 is 14.2 Å². The second-order valence-corrected chi connectivity index (χ2v) is 8.52. The molecule has 0 saturated heterocycles. The summed E-state index contributed by atoms with van der Waals surface area (Å²) in [5.41, 5.74) is 1.69. The predicted molar refractivity (Wildman–Crippen MR) is 121 cm³/mol. The fourth-order valence-electron chi connectivity index (χ4n) is 2.89. The Balaban J connectivity index is 1.27. The molecule has 0 aliphatic heterocycles. The maximum Gasteiger partial charge on any atom is 0.240 e. The van der Waals surface area contributed by atoms with Gasteiger partial charge in [0.25, 0.3) is 0 Å². The molecule has 1 N–H and O–H groups in total. The Kier molecular flexibility index (Phi) is 6.74. The number of aromatic nitrogens is 2. The van der Waals surface area contributed by atoms with Crippen LogP contribution in [-0.4, -0.2) is 31.8 Å². The second-order valence-electron chi connectivity index (χ2n) is 6.76. The van der Waals surface area contributed by atoms with Crippen molar-refractivity contribution < 1.29 is 17.9 Å². The van der Waals surface area contributed by atoms with E-state index in [0.717, 1.165) is 11.3 Å². The van der Waals surface area contributed by atoms with Crippen LogP contribution in [-0.2, 0) is 10.0 Å². The summed E-state index contributed by atoms with van der Waals surface area (Å²) in [7, 11) is -3.67. The van der Waals surface area contributed by atoms with Crippen molar-refractivity contribution in [3.63, 3.8) is 0 Å². The van der Waals surface area contributed by atoms with Gasteiger partial charge in [-0.3, -0.25) is 0 Å². The van der Waals surface area contributed by atoms with Gasteiger partial charge >= 0.3 is 0 Å². The van der Waals surface area contributed by atoms with E-state index < -0.39 is 10.0 Å². The molecule has 1 aromatic heterocycles. The molecule has 0 amide bonds. The van der Waals surface area contributed by atoms with E-state index in [1.807, 2.05) is 60.7 Å². The summed E-state index contributed by atoms with van der Waals surface area (Å²) >= 11 is 0. The molecule has 0 unspecified atom stereocenters. The smallest absolute Gasteiger partial charge is 0.240 e. The molecular formula is C24H21N3O4S. The number of para-hydroxylation sites is 1.